The average Bonchev–Trinajstić information content (AvgIpc) is 3.22. The number of aromatic nitrogens is 1. The molecule has 1 aromatic rings. The van der Waals surface area contributed by atoms with Gasteiger partial charge in [-0.1, -0.05) is 0 Å². The number of ether oxygens (including phenoxy) is 1. The molecule has 1 saturated carbocycles. The first-order valence-electron chi connectivity index (χ1n) is 6.63. The molecule has 0 unspecified atom stereocenters. The Morgan fingerprint density at radius 3 is 2.89 bits per heavy atom. The Morgan fingerprint density at radius 2 is 2.26 bits per heavy atom. The lowest BCUT2D eigenvalue weighted by atomic mass is 10.1. The first-order chi connectivity index (χ1) is 9.16. The standard InChI is InChI=1S/C13H17N3O3/c1-9-11(16(17)18)4-5-13(14-9)15-6-7-19-8-12(15)10-2-3-10/h4-5,10,12H,2-3,6-8H2,1H3/t12-/m0/s1. The van der Waals surface area contributed by atoms with Crippen LogP contribution in [0.5, 0.6) is 0 Å². The number of anilines is 1. The molecule has 1 aliphatic carbocycles. The molecule has 2 heterocycles. The van der Waals surface area contributed by atoms with E-state index < -0.39 is 0 Å². The summed E-state index contributed by atoms with van der Waals surface area (Å²) in [6.45, 7) is 3.93. The molecule has 0 bridgehead atoms. The van der Waals surface area contributed by atoms with Gasteiger partial charge < -0.3 is 9.64 Å². The molecule has 3 rings (SSSR count). The quantitative estimate of drug-likeness (QED) is 0.615. The van der Waals surface area contributed by atoms with Crippen LogP contribution in [0, 0.1) is 23.0 Å². The summed E-state index contributed by atoms with van der Waals surface area (Å²) in [7, 11) is 0. The highest BCUT2D eigenvalue weighted by Crippen LogP contribution is 2.38. The number of pyridine rings is 1. The third-order valence-corrected chi connectivity index (χ3v) is 3.87. The molecule has 19 heavy (non-hydrogen) atoms. The highest BCUT2D eigenvalue weighted by molar-refractivity contribution is 5.48. The lowest BCUT2D eigenvalue weighted by Gasteiger charge is -2.36. The summed E-state index contributed by atoms with van der Waals surface area (Å²) < 4.78 is 5.55. The van der Waals surface area contributed by atoms with Crippen molar-refractivity contribution in [1.82, 2.24) is 4.98 Å². The van der Waals surface area contributed by atoms with E-state index in [9.17, 15) is 10.1 Å². The number of nitrogens with zero attached hydrogens (tertiary/aromatic N) is 3. The van der Waals surface area contributed by atoms with E-state index in [1.54, 1.807) is 19.1 Å². The maximum atomic E-state index is 10.8. The van der Waals surface area contributed by atoms with Gasteiger partial charge in [-0.25, -0.2) is 4.98 Å². The Hall–Kier alpha value is -1.69. The Bertz CT molecular complexity index is 502. The van der Waals surface area contributed by atoms with Gasteiger partial charge in [0, 0.05) is 12.6 Å². The predicted octanol–water partition coefficient (Wildman–Crippen LogP) is 1.91. The fourth-order valence-corrected chi connectivity index (χ4v) is 2.67. The molecule has 0 spiro atoms. The summed E-state index contributed by atoms with van der Waals surface area (Å²) >= 11 is 0. The normalized spacial score (nSPS) is 23.4. The van der Waals surface area contributed by atoms with Crippen LogP contribution >= 0.6 is 0 Å². The van der Waals surface area contributed by atoms with Crippen molar-refractivity contribution in [2.45, 2.75) is 25.8 Å². The Balaban J connectivity index is 1.87. The lowest BCUT2D eigenvalue weighted by molar-refractivity contribution is -0.385. The van der Waals surface area contributed by atoms with E-state index >= 15 is 0 Å². The zero-order valence-electron chi connectivity index (χ0n) is 10.9. The third-order valence-electron chi connectivity index (χ3n) is 3.87. The number of aryl methyl sites for hydroxylation is 1. The zero-order valence-corrected chi connectivity index (χ0v) is 10.9. The van der Waals surface area contributed by atoms with Gasteiger partial charge in [0.2, 0.25) is 0 Å². The van der Waals surface area contributed by atoms with Gasteiger partial charge in [-0.05, 0) is 31.7 Å². The Labute approximate surface area is 111 Å². The molecule has 1 saturated heterocycles. The average molecular weight is 263 g/mol. The maximum Gasteiger partial charge on any atom is 0.290 e. The molecule has 102 valence electrons. The van der Waals surface area contributed by atoms with E-state index in [0.29, 0.717) is 24.3 Å². The minimum Gasteiger partial charge on any atom is -0.377 e. The van der Waals surface area contributed by atoms with Crippen molar-refractivity contribution < 1.29 is 9.66 Å². The molecule has 1 aromatic heterocycles. The van der Waals surface area contributed by atoms with Gasteiger partial charge in [0.15, 0.2) is 0 Å². The Morgan fingerprint density at radius 1 is 1.47 bits per heavy atom. The highest BCUT2D eigenvalue weighted by Gasteiger charge is 2.38. The summed E-state index contributed by atoms with van der Waals surface area (Å²) in [5, 5.41) is 10.8. The van der Waals surface area contributed by atoms with Crippen molar-refractivity contribution in [2.24, 2.45) is 5.92 Å². The third kappa shape index (κ3) is 2.40. The van der Waals surface area contributed by atoms with E-state index in [1.807, 2.05) is 0 Å². The molecular formula is C13H17N3O3. The second kappa shape index (κ2) is 4.77. The van der Waals surface area contributed by atoms with Crippen molar-refractivity contribution in [2.75, 3.05) is 24.7 Å². The summed E-state index contributed by atoms with van der Waals surface area (Å²) in [4.78, 5) is 17.1. The van der Waals surface area contributed by atoms with Gasteiger partial charge in [0.1, 0.15) is 11.5 Å². The van der Waals surface area contributed by atoms with Crippen LogP contribution in [-0.4, -0.2) is 35.7 Å². The second-order valence-corrected chi connectivity index (χ2v) is 5.20. The molecule has 0 aromatic carbocycles. The summed E-state index contributed by atoms with van der Waals surface area (Å²) in [6, 6.07) is 3.69. The van der Waals surface area contributed by atoms with Crippen LogP contribution in [0.2, 0.25) is 0 Å². The van der Waals surface area contributed by atoms with Gasteiger partial charge in [-0.15, -0.1) is 0 Å². The minimum atomic E-state index is -0.385. The van der Waals surface area contributed by atoms with E-state index in [1.165, 1.54) is 12.8 Å². The van der Waals surface area contributed by atoms with E-state index in [4.69, 9.17) is 4.74 Å². The molecule has 2 fully saturated rings. The van der Waals surface area contributed by atoms with Crippen molar-refractivity contribution in [3.63, 3.8) is 0 Å². The van der Waals surface area contributed by atoms with Crippen LogP contribution in [-0.2, 0) is 4.74 Å². The zero-order chi connectivity index (χ0) is 13.4. The summed E-state index contributed by atoms with van der Waals surface area (Å²) in [5.41, 5.74) is 0.559. The van der Waals surface area contributed by atoms with Crippen LogP contribution in [0.3, 0.4) is 0 Å². The fourth-order valence-electron chi connectivity index (χ4n) is 2.67. The van der Waals surface area contributed by atoms with Crippen LogP contribution in [0.4, 0.5) is 11.5 Å². The smallest absolute Gasteiger partial charge is 0.290 e. The van der Waals surface area contributed by atoms with Gasteiger partial charge in [0.25, 0.3) is 5.69 Å². The van der Waals surface area contributed by atoms with Gasteiger partial charge >= 0.3 is 0 Å². The molecule has 1 aliphatic heterocycles. The van der Waals surface area contributed by atoms with Crippen molar-refractivity contribution >= 4 is 11.5 Å². The molecule has 0 amide bonds. The summed E-state index contributed by atoms with van der Waals surface area (Å²) in [6.07, 6.45) is 2.49. The van der Waals surface area contributed by atoms with Crippen molar-refractivity contribution in [1.29, 1.82) is 0 Å². The second-order valence-electron chi connectivity index (χ2n) is 5.20. The molecule has 0 radical (unpaired) electrons. The summed E-state index contributed by atoms with van der Waals surface area (Å²) in [5.74, 6) is 1.53. The van der Waals surface area contributed by atoms with Crippen LogP contribution in [0.1, 0.15) is 18.5 Å². The molecule has 1 atom stereocenters. The number of rotatable bonds is 3. The van der Waals surface area contributed by atoms with Crippen LogP contribution in [0.15, 0.2) is 12.1 Å². The molecule has 0 N–H and O–H groups in total. The number of hydrogen-bond donors (Lipinski definition) is 0. The monoisotopic (exact) mass is 263 g/mol. The predicted molar refractivity (Wildman–Crippen MR) is 70.3 cm³/mol. The Kier molecular flexibility index (Phi) is 3.10. The van der Waals surface area contributed by atoms with Crippen LogP contribution < -0.4 is 4.90 Å². The van der Waals surface area contributed by atoms with Crippen LogP contribution in [0.25, 0.3) is 0 Å². The maximum absolute atomic E-state index is 10.8. The van der Waals surface area contributed by atoms with E-state index in [0.717, 1.165) is 19.0 Å². The SMILES string of the molecule is Cc1nc(N2CCOC[C@H]2C2CC2)ccc1[N+](=O)[O-]. The highest BCUT2D eigenvalue weighted by atomic mass is 16.6. The van der Waals surface area contributed by atoms with E-state index in [-0.39, 0.29) is 10.6 Å². The minimum absolute atomic E-state index is 0.0833. The topological polar surface area (TPSA) is 68.5 Å². The fraction of sp³-hybridized carbons (Fsp3) is 0.615. The first-order valence-corrected chi connectivity index (χ1v) is 6.63. The van der Waals surface area contributed by atoms with Crippen molar-refractivity contribution in [3.8, 4) is 0 Å². The van der Waals surface area contributed by atoms with Crippen molar-refractivity contribution in [3.05, 3.63) is 27.9 Å². The number of morpholine rings is 1. The molecule has 6 heteroatoms. The van der Waals surface area contributed by atoms with Gasteiger partial charge in [-0.3, -0.25) is 10.1 Å². The number of nitro groups is 1. The molecular weight excluding hydrogens is 246 g/mol. The molecule has 6 nitrogen and oxygen atoms in total. The van der Waals surface area contributed by atoms with Gasteiger partial charge in [-0.2, -0.15) is 0 Å². The lowest BCUT2D eigenvalue weighted by Crippen LogP contribution is -2.47. The van der Waals surface area contributed by atoms with E-state index in [2.05, 4.69) is 9.88 Å². The number of hydrogen-bond acceptors (Lipinski definition) is 5. The molecule has 2 aliphatic rings. The largest absolute Gasteiger partial charge is 0.377 e. The first kappa shape index (κ1) is 12.3. The van der Waals surface area contributed by atoms with Gasteiger partial charge in [0.05, 0.1) is 24.2 Å².